The first-order chi connectivity index (χ1) is 13.0. The zero-order valence-corrected chi connectivity index (χ0v) is 15.3. The molecular formula is C21H21N3O3. The van der Waals surface area contributed by atoms with E-state index >= 15 is 0 Å². The van der Waals surface area contributed by atoms with Crippen molar-refractivity contribution in [2.24, 2.45) is 0 Å². The van der Waals surface area contributed by atoms with Crippen molar-refractivity contribution in [1.82, 2.24) is 5.32 Å². The van der Waals surface area contributed by atoms with E-state index in [4.69, 9.17) is 4.74 Å². The minimum Gasteiger partial charge on any atom is -0.462 e. The maximum absolute atomic E-state index is 12.2. The summed E-state index contributed by atoms with van der Waals surface area (Å²) >= 11 is 0. The summed E-state index contributed by atoms with van der Waals surface area (Å²) in [5, 5.41) is 14.8. The lowest BCUT2D eigenvalue weighted by atomic mass is 10.1. The van der Waals surface area contributed by atoms with Gasteiger partial charge in [-0.05, 0) is 49.2 Å². The summed E-state index contributed by atoms with van der Waals surface area (Å²) in [6.07, 6.45) is 1.40. The van der Waals surface area contributed by atoms with Crippen LogP contribution in [0.4, 0.5) is 5.69 Å². The van der Waals surface area contributed by atoms with Crippen LogP contribution in [-0.4, -0.2) is 18.5 Å². The Bertz CT molecular complexity index is 880. The third-order valence-electron chi connectivity index (χ3n) is 3.82. The SMILES string of the molecule is CCOC(=O)c1ccc(NC(=O)/C(C#N)=C\NCc2ccccc2C)cc1. The number of nitrogens with zero attached hydrogens (tertiary/aromatic N) is 1. The Morgan fingerprint density at radius 3 is 2.48 bits per heavy atom. The van der Waals surface area contributed by atoms with E-state index in [2.05, 4.69) is 10.6 Å². The molecule has 2 N–H and O–H groups in total. The largest absolute Gasteiger partial charge is 0.462 e. The molecule has 138 valence electrons. The normalized spacial score (nSPS) is 10.6. The maximum Gasteiger partial charge on any atom is 0.338 e. The summed E-state index contributed by atoms with van der Waals surface area (Å²) in [6, 6.07) is 16.0. The summed E-state index contributed by atoms with van der Waals surface area (Å²) in [5.41, 5.74) is 3.04. The van der Waals surface area contributed by atoms with Gasteiger partial charge in [-0.3, -0.25) is 4.79 Å². The number of carbonyl (C=O) groups is 2. The van der Waals surface area contributed by atoms with Crippen molar-refractivity contribution in [3.8, 4) is 6.07 Å². The van der Waals surface area contributed by atoms with Crippen molar-refractivity contribution in [3.63, 3.8) is 0 Å². The molecule has 0 radical (unpaired) electrons. The molecule has 1 amide bonds. The van der Waals surface area contributed by atoms with Gasteiger partial charge in [0.05, 0.1) is 12.2 Å². The summed E-state index contributed by atoms with van der Waals surface area (Å²) < 4.78 is 4.91. The van der Waals surface area contributed by atoms with E-state index in [1.165, 1.54) is 6.20 Å². The summed E-state index contributed by atoms with van der Waals surface area (Å²) in [6.45, 7) is 4.54. The van der Waals surface area contributed by atoms with Crippen LogP contribution in [-0.2, 0) is 16.1 Å². The minimum absolute atomic E-state index is 0.0435. The summed E-state index contributed by atoms with van der Waals surface area (Å²) in [4.78, 5) is 23.9. The van der Waals surface area contributed by atoms with Gasteiger partial charge in [-0.1, -0.05) is 24.3 Å². The first kappa shape index (κ1) is 19.7. The van der Waals surface area contributed by atoms with Crippen LogP contribution >= 0.6 is 0 Å². The van der Waals surface area contributed by atoms with E-state index in [9.17, 15) is 14.9 Å². The van der Waals surface area contributed by atoms with E-state index in [0.717, 1.165) is 11.1 Å². The van der Waals surface area contributed by atoms with Crippen molar-refractivity contribution < 1.29 is 14.3 Å². The fourth-order valence-corrected chi connectivity index (χ4v) is 2.32. The Labute approximate surface area is 158 Å². The number of esters is 1. The number of amides is 1. The molecular weight excluding hydrogens is 342 g/mol. The number of hydrogen-bond donors (Lipinski definition) is 2. The van der Waals surface area contributed by atoms with Crippen LogP contribution < -0.4 is 10.6 Å². The predicted octanol–water partition coefficient (Wildman–Crippen LogP) is 3.31. The van der Waals surface area contributed by atoms with Gasteiger partial charge < -0.3 is 15.4 Å². The van der Waals surface area contributed by atoms with E-state index in [-0.39, 0.29) is 5.57 Å². The zero-order chi connectivity index (χ0) is 19.6. The third-order valence-corrected chi connectivity index (χ3v) is 3.82. The van der Waals surface area contributed by atoms with Gasteiger partial charge in [0, 0.05) is 18.4 Å². The Kier molecular flexibility index (Phi) is 7.15. The second-order valence-corrected chi connectivity index (χ2v) is 5.73. The fraction of sp³-hybridized carbons (Fsp3) is 0.190. The van der Waals surface area contributed by atoms with Gasteiger partial charge in [0.1, 0.15) is 11.6 Å². The summed E-state index contributed by atoms with van der Waals surface area (Å²) in [5.74, 6) is -0.952. The summed E-state index contributed by atoms with van der Waals surface area (Å²) in [7, 11) is 0. The van der Waals surface area contributed by atoms with E-state index in [1.807, 2.05) is 37.3 Å². The average Bonchev–Trinajstić information content (AvgIpc) is 2.67. The molecule has 2 rings (SSSR count). The van der Waals surface area contributed by atoms with Crippen molar-refractivity contribution in [2.75, 3.05) is 11.9 Å². The number of hydrogen-bond acceptors (Lipinski definition) is 5. The van der Waals surface area contributed by atoms with Crippen LogP contribution in [0.2, 0.25) is 0 Å². The van der Waals surface area contributed by atoms with Gasteiger partial charge in [-0.25, -0.2) is 4.79 Å². The fourth-order valence-electron chi connectivity index (χ4n) is 2.32. The Morgan fingerprint density at radius 1 is 1.15 bits per heavy atom. The highest BCUT2D eigenvalue weighted by Crippen LogP contribution is 2.12. The molecule has 0 aromatic heterocycles. The number of anilines is 1. The number of nitrogens with one attached hydrogen (secondary N) is 2. The standard InChI is InChI=1S/C21H21N3O3/c1-3-27-21(26)16-8-10-19(11-9-16)24-20(25)18(12-22)14-23-13-17-7-5-4-6-15(17)2/h4-11,14,23H,3,13H2,1-2H3,(H,24,25)/b18-14-. The maximum atomic E-state index is 12.2. The lowest BCUT2D eigenvalue weighted by molar-refractivity contribution is -0.112. The van der Waals surface area contributed by atoms with Gasteiger partial charge in [0.2, 0.25) is 0 Å². The van der Waals surface area contributed by atoms with Crippen LogP contribution in [0.3, 0.4) is 0 Å². The van der Waals surface area contributed by atoms with Crippen LogP contribution in [0.15, 0.2) is 60.3 Å². The van der Waals surface area contributed by atoms with E-state index in [0.29, 0.717) is 24.4 Å². The molecule has 0 aliphatic carbocycles. The molecule has 0 saturated carbocycles. The first-order valence-corrected chi connectivity index (χ1v) is 8.51. The third kappa shape index (κ3) is 5.72. The number of nitriles is 1. The molecule has 0 atom stereocenters. The van der Waals surface area contributed by atoms with Crippen LogP contribution in [0.5, 0.6) is 0 Å². The quantitative estimate of drug-likeness (QED) is 0.447. The van der Waals surface area contributed by atoms with Crippen molar-refractivity contribution >= 4 is 17.6 Å². The van der Waals surface area contributed by atoms with E-state index < -0.39 is 11.9 Å². The number of rotatable bonds is 7. The lowest BCUT2D eigenvalue weighted by Crippen LogP contribution is -2.17. The molecule has 0 aliphatic rings. The first-order valence-electron chi connectivity index (χ1n) is 8.51. The Balaban J connectivity index is 1.97. The molecule has 0 saturated heterocycles. The molecule has 0 unspecified atom stereocenters. The zero-order valence-electron chi connectivity index (χ0n) is 15.3. The molecule has 6 heteroatoms. The second-order valence-electron chi connectivity index (χ2n) is 5.73. The van der Waals surface area contributed by atoms with E-state index in [1.54, 1.807) is 31.2 Å². The molecule has 27 heavy (non-hydrogen) atoms. The molecule has 6 nitrogen and oxygen atoms in total. The number of aryl methyl sites for hydroxylation is 1. The van der Waals surface area contributed by atoms with Gasteiger partial charge in [0.15, 0.2) is 0 Å². The number of ether oxygens (including phenoxy) is 1. The van der Waals surface area contributed by atoms with Crippen LogP contribution in [0.25, 0.3) is 0 Å². The lowest BCUT2D eigenvalue weighted by Gasteiger charge is -2.07. The predicted molar refractivity (Wildman–Crippen MR) is 103 cm³/mol. The number of carbonyl (C=O) groups excluding carboxylic acids is 2. The Hall–Kier alpha value is -3.59. The van der Waals surface area contributed by atoms with Crippen LogP contribution in [0, 0.1) is 18.3 Å². The molecule has 0 heterocycles. The molecule has 0 bridgehead atoms. The van der Waals surface area contributed by atoms with Crippen molar-refractivity contribution in [2.45, 2.75) is 20.4 Å². The highest BCUT2D eigenvalue weighted by Gasteiger charge is 2.11. The molecule has 2 aromatic carbocycles. The topological polar surface area (TPSA) is 91.2 Å². The highest BCUT2D eigenvalue weighted by atomic mass is 16.5. The average molecular weight is 363 g/mol. The molecule has 0 aliphatic heterocycles. The monoisotopic (exact) mass is 363 g/mol. The van der Waals surface area contributed by atoms with Crippen molar-refractivity contribution in [1.29, 1.82) is 5.26 Å². The van der Waals surface area contributed by atoms with Gasteiger partial charge in [0.25, 0.3) is 5.91 Å². The highest BCUT2D eigenvalue weighted by molar-refractivity contribution is 6.06. The number of benzene rings is 2. The second kappa shape index (κ2) is 9.78. The van der Waals surface area contributed by atoms with Gasteiger partial charge in [-0.2, -0.15) is 5.26 Å². The smallest absolute Gasteiger partial charge is 0.338 e. The van der Waals surface area contributed by atoms with Crippen molar-refractivity contribution in [3.05, 3.63) is 77.0 Å². The van der Waals surface area contributed by atoms with Crippen LogP contribution in [0.1, 0.15) is 28.4 Å². The Morgan fingerprint density at radius 2 is 1.85 bits per heavy atom. The molecule has 2 aromatic rings. The molecule has 0 fully saturated rings. The van der Waals surface area contributed by atoms with Gasteiger partial charge in [-0.15, -0.1) is 0 Å². The molecule has 0 spiro atoms. The van der Waals surface area contributed by atoms with Gasteiger partial charge >= 0.3 is 5.97 Å². The minimum atomic E-state index is -0.529.